The maximum atomic E-state index is 12.9. The topological polar surface area (TPSA) is 82.2 Å². The second-order valence-corrected chi connectivity index (χ2v) is 5.32. The minimum absolute atomic E-state index is 0.0456. The van der Waals surface area contributed by atoms with Gasteiger partial charge in [0.25, 0.3) is 5.91 Å². The molecule has 1 atom stereocenters. The van der Waals surface area contributed by atoms with Crippen molar-refractivity contribution in [2.45, 2.75) is 19.4 Å². The fourth-order valence-corrected chi connectivity index (χ4v) is 2.08. The Morgan fingerprint density at radius 3 is 2.50 bits per heavy atom. The molecule has 22 heavy (non-hydrogen) atoms. The number of rotatable bonds is 4. The second kappa shape index (κ2) is 6.11. The molecule has 116 valence electrons. The van der Waals surface area contributed by atoms with Gasteiger partial charge in [-0.25, -0.2) is 4.39 Å². The molecule has 5 nitrogen and oxygen atoms in total. The Kier molecular flexibility index (Phi) is 4.42. The van der Waals surface area contributed by atoms with Gasteiger partial charge in [-0.3, -0.25) is 9.59 Å². The molecule has 0 radical (unpaired) electrons. The van der Waals surface area contributed by atoms with Crippen LogP contribution in [0.25, 0.3) is 0 Å². The van der Waals surface area contributed by atoms with Gasteiger partial charge in [0.15, 0.2) is 0 Å². The lowest BCUT2D eigenvalue weighted by atomic mass is 9.96. The van der Waals surface area contributed by atoms with E-state index < -0.39 is 17.3 Å². The number of aryl methyl sites for hydroxylation is 1. The Balaban J connectivity index is 2.09. The Morgan fingerprint density at radius 1 is 1.27 bits per heavy atom. The van der Waals surface area contributed by atoms with Crippen LogP contribution in [0.1, 0.15) is 28.5 Å². The summed E-state index contributed by atoms with van der Waals surface area (Å²) < 4.78 is 12.9. The number of hydrogen-bond acceptors (Lipinski definition) is 3. The molecule has 0 saturated heterocycles. The second-order valence-electron chi connectivity index (χ2n) is 5.32. The van der Waals surface area contributed by atoms with Crippen LogP contribution in [0.4, 0.5) is 4.39 Å². The Bertz CT molecular complexity index is 736. The fourth-order valence-electron chi connectivity index (χ4n) is 2.08. The monoisotopic (exact) mass is 304 g/mol. The number of H-pyrrole nitrogens is 1. The molecule has 1 aromatic carbocycles. The smallest absolute Gasteiger partial charge is 0.253 e. The van der Waals surface area contributed by atoms with E-state index in [0.717, 1.165) is 0 Å². The summed E-state index contributed by atoms with van der Waals surface area (Å²) in [7, 11) is 0. The number of aliphatic hydroxyl groups is 1. The summed E-state index contributed by atoms with van der Waals surface area (Å²) >= 11 is 0. The number of benzene rings is 1. The Morgan fingerprint density at radius 2 is 1.91 bits per heavy atom. The molecule has 0 saturated carbocycles. The largest absolute Gasteiger partial charge is 0.384 e. The van der Waals surface area contributed by atoms with Crippen molar-refractivity contribution in [1.82, 2.24) is 10.3 Å². The van der Waals surface area contributed by atoms with Gasteiger partial charge in [0.1, 0.15) is 11.4 Å². The third kappa shape index (κ3) is 3.59. The predicted molar refractivity (Wildman–Crippen MR) is 80.1 cm³/mol. The van der Waals surface area contributed by atoms with E-state index in [1.807, 2.05) is 0 Å². The molecule has 1 aromatic heterocycles. The van der Waals surface area contributed by atoms with E-state index in [1.54, 1.807) is 6.92 Å². The van der Waals surface area contributed by atoms with Crippen molar-refractivity contribution in [2.24, 2.45) is 0 Å². The first kappa shape index (κ1) is 15.9. The molecule has 0 aliphatic heterocycles. The molecule has 2 rings (SSSR count). The van der Waals surface area contributed by atoms with Crippen LogP contribution in [-0.4, -0.2) is 22.5 Å². The van der Waals surface area contributed by atoms with E-state index in [9.17, 15) is 19.1 Å². The summed E-state index contributed by atoms with van der Waals surface area (Å²) in [6.07, 6.45) is 0. The standard InChI is InChI=1S/C16H17FN2O3/c1-10-13(7-8-14(20)19-10)15(21)18-9-16(2,22)11-3-5-12(17)6-4-11/h3-8,22H,9H2,1-2H3,(H,18,21)(H,19,20). The van der Waals surface area contributed by atoms with Gasteiger partial charge in [-0.05, 0) is 37.6 Å². The highest BCUT2D eigenvalue weighted by atomic mass is 19.1. The SMILES string of the molecule is Cc1[nH]c(=O)ccc1C(=O)NCC(C)(O)c1ccc(F)cc1. The summed E-state index contributed by atoms with van der Waals surface area (Å²) in [5, 5.41) is 13.0. The van der Waals surface area contributed by atoms with Gasteiger partial charge in [-0.2, -0.15) is 0 Å². The number of aromatic amines is 1. The molecule has 1 heterocycles. The third-order valence-electron chi connectivity index (χ3n) is 3.42. The number of pyridine rings is 1. The van der Waals surface area contributed by atoms with Gasteiger partial charge in [0, 0.05) is 11.8 Å². The average molecular weight is 304 g/mol. The number of aromatic nitrogens is 1. The molecule has 6 heteroatoms. The third-order valence-corrected chi connectivity index (χ3v) is 3.42. The normalized spacial score (nSPS) is 13.5. The van der Waals surface area contributed by atoms with Gasteiger partial charge in [0.2, 0.25) is 5.56 Å². The molecule has 0 bridgehead atoms. The summed E-state index contributed by atoms with van der Waals surface area (Å²) in [6.45, 7) is 3.10. The minimum Gasteiger partial charge on any atom is -0.384 e. The fraction of sp³-hybridized carbons (Fsp3) is 0.250. The van der Waals surface area contributed by atoms with Crippen LogP contribution in [0.3, 0.4) is 0 Å². The highest BCUT2D eigenvalue weighted by Gasteiger charge is 2.24. The summed E-state index contributed by atoms with van der Waals surface area (Å²) in [6, 6.07) is 8.12. The molecular formula is C16H17FN2O3. The van der Waals surface area contributed by atoms with Gasteiger partial charge >= 0.3 is 0 Å². The number of amides is 1. The van der Waals surface area contributed by atoms with E-state index in [2.05, 4.69) is 10.3 Å². The van der Waals surface area contributed by atoms with E-state index in [-0.39, 0.29) is 12.1 Å². The number of carbonyl (C=O) groups excluding carboxylic acids is 1. The zero-order chi connectivity index (χ0) is 16.3. The van der Waals surface area contributed by atoms with Crippen LogP contribution < -0.4 is 10.9 Å². The van der Waals surface area contributed by atoms with Crippen LogP contribution in [-0.2, 0) is 5.60 Å². The molecular weight excluding hydrogens is 287 g/mol. The van der Waals surface area contributed by atoms with Crippen molar-refractivity contribution in [2.75, 3.05) is 6.54 Å². The maximum Gasteiger partial charge on any atom is 0.253 e. The van der Waals surface area contributed by atoms with Crippen LogP contribution in [0.5, 0.6) is 0 Å². The minimum atomic E-state index is -1.33. The van der Waals surface area contributed by atoms with Crippen molar-refractivity contribution >= 4 is 5.91 Å². The van der Waals surface area contributed by atoms with Crippen LogP contribution in [0.2, 0.25) is 0 Å². The predicted octanol–water partition coefficient (Wildman–Crippen LogP) is 1.46. The quantitative estimate of drug-likeness (QED) is 0.800. The van der Waals surface area contributed by atoms with E-state index in [4.69, 9.17) is 0 Å². The average Bonchev–Trinajstić information content (AvgIpc) is 2.45. The summed E-state index contributed by atoms with van der Waals surface area (Å²) in [5.41, 5.74) is -0.347. The molecule has 2 aromatic rings. The molecule has 0 spiro atoms. The van der Waals surface area contributed by atoms with Crippen LogP contribution in [0, 0.1) is 12.7 Å². The lowest BCUT2D eigenvalue weighted by Crippen LogP contribution is -2.39. The number of carbonyl (C=O) groups is 1. The zero-order valence-corrected chi connectivity index (χ0v) is 12.3. The zero-order valence-electron chi connectivity index (χ0n) is 12.3. The molecule has 0 aliphatic rings. The van der Waals surface area contributed by atoms with Crippen molar-refractivity contribution in [3.05, 3.63) is 69.4 Å². The Labute approximate surface area is 126 Å². The summed E-state index contributed by atoms with van der Waals surface area (Å²) in [4.78, 5) is 25.8. The highest BCUT2D eigenvalue weighted by Crippen LogP contribution is 2.20. The molecule has 1 unspecified atom stereocenters. The van der Waals surface area contributed by atoms with Gasteiger partial charge in [-0.15, -0.1) is 0 Å². The van der Waals surface area contributed by atoms with Crippen molar-refractivity contribution < 1.29 is 14.3 Å². The highest BCUT2D eigenvalue weighted by molar-refractivity contribution is 5.95. The first-order valence-electron chi connectivity index (χ1n) is 6.76. The van der Waals surface area contributed by atoms with Crippen molar-refractivity contribution in [3.8, 4) is 0 Å². The van der Waals surface area contributed by atoms with Gasteiger partial charge in [-0.1, -0.05) is 12.1 Å². The van der Waals surface area contributed by atoms with E-state index >= 15 is 0 Å². The van der Waals surface area contributed by atoms with Gasteiger partial charge < -0.3 is 15.4 Å². The van der Waals surface area contributed by atoms with Crippen LogP contribution >= 0.6 is 0 Å². The first-order chi connectivity index (χ1) is 10.3. The molecule has 1 amide bonds. The number of nitrogens with one attached hydrogen (secondary N) is 2. The van der Waals surface area contributed by atoms with Crippen molar-refractivity contribution in [1.29, 1.82) is 0 Å². The van der Waals surface area contributed by atoms with Crippen LogP contribution in [0.15, 0.2) is 41.2 Å². The maximum absolute atomic E-state index is 12.9. The van der Waals surface area contributed by atoms with E-state index in [1.165, 1.54) is 43.3 Å². The lowest BCUT2D eigenvalue weighted by molar-refractivity contribution is 0.0525. The van der Waals surface area contributed by atoms with Crippen molar-refractivity contribution in [3.63, 3.8) is 0 Å². The molecule has 0 fully saturated rings. The Hall–Kier alpha value is -2.47. The number of halogens is 1. The first-order valence-corrected chi connectivity index (χ1v) is 6.76. The summed E-state index contributed by atoms with van der Waals surface area (Å²) in [5.74, 6) is -0.802. The van der Waals surface area contributed by atoms with E-state index in [0.29, 0.717) is 16.8 Å². The number of hydrogen-bond donors (Lipinski definition) is 3. The van der Waals surface area contributed by atoms with Gasteiger partial charge in [0.05, 0.1) is 12.1 Å². The molecule has 3 N–H and O–H groups in total. The lowest BCUT2D eigenvalue weighted by Gasteiger charge is -2.24. The molecule has 0 aliphatic carbocycles.